The molecule has 3 heterocycles. The van der Waals surface area contributed by atoms with E-state index in [9.17, 15) is 19.2 Å². The van der Waals surface area contributed by atoms with Crippen molar-refractivity contribution in [2.24, 2.45) is 0 Å². The van der Waals surface area contributed by atoms with Crippen LogP contribution in [-0.4, -0.2) is 44.8 Å². The van der Waals surface area contributed by atoms with Gasteiger partial charge in [0.25, 0.3) is 11.5 Å². The van der Waals surface area contributed by atoms with Gasteiger partial charge in [-0.1, -0.05) is 12.1 Å². The number of hydrogen-bond acceptors (Lipinski definition) is 5. The number of H-pyrrole nitrogens is 1. The van der Waals surface area contributed by atoms with Gasteiger partial charge in [-0.15, -0.1) is 0 Å². The van der Waals surface area contributed by atoms with Crippen LogP contribution < -0.4 is 15.8 Å². The number of fused-ring (bicyclic) bond motifs is 3. The molecule has 3 amide bonds. The minimum atomic E-state index is -0.790. The number of rotatable bonds is 5. The van der Waals surface area contributed by atoms with Crippen LogP contribution in [0.4, 0.5) is 11.4 Å². The topological polar surface area (TPSA) is 115 Å². The summed E-state index contributed by atoms with van der Waals surface area (Å²) in [5, 5.41) is 2.85. The molecule has 9 nitrogen and oxygen atoms in total. The molecule has 2 N–H and O–H groups in total. The Morgan fingerprint density at radius 3 is 2.60 bits per heavy atom. The summed E-state index contributed by atoms with van der Waals surface area (Å²) in [6.07, 6.45) is 0.957. The number of amides is 3. The van der Waals surface area contributed by atoms with E-state index in [0.717, 1.165) is 5.56 Å². The molecule has 35 heavy (non-hydrogen) atoms. The predicted molar refractivity (Wildman–Crippen MR) is 131 cm³/mol. The number of anilines is 2. The summed E-state index contributed by atoms with van der Waals surface area (Å²) < 4.78 is 0. The van der Waals surface area contributed by atoms with Crippen LogP contribution in [0.25, 0.3) is 11.4 Å². The van der Waals surface area contributed by atoms with Crippen molar-refractivity contribution in [2.75, 3.05) is 16.8 Å². The van der Waals surface area contributed by atoms with E-state index in [-0.39, 0.29) is 36.2 Å². The van der Waals surface area contributed by atoms with Crippen molar-refractivity contribution in [1.29, 1.82) is 0 Å². The van der Waals surface area contributed by atoms with Gasteiger partial charge in [0.1, 0.15) is 11.5 Å². The Balaban J connectivity index is 1.28. The average Bonchev–Trinajstić information content (AvgIpc) is 3.14. The Morgan fingerprint density at radius 2 is 1.86 bits per heavy atom. The van der Waals surface area contributed by atoms with Gasteiger partial charge in [-0.3, -0.25) is 24.1 Å². The molecule has 178 valence electrons. The van der Waals surface area contributed by atoms with Crippen molar-refractivity contribution in [3.63, 3.8) is 0 Å². The van der Waals surface area contributed by atoms with Gasteiger partial charge in [-0.2, -0.15) is 0 Å². The smallest absolute Gasteiger partial charge is 0.257 e. The van der Waals surface area contributed by atoms with Crippen molar-refractivity contribution in [2.45, 2.75) is 38.8 Å². The summed E-state index contributed by atoms with van der Waals surface area (Å²) in [6, 6.07) is 15.5. The lowest BCUT2D eigenvalue weighted by atomic mass is 9.98. The normalized spacial score (nSPS) is 18.9. The van der Waals surface area contributed by atoms with E-state index in [4.69, 9.17) is 0 Å². The van der Waals surface area contributed by atoms with Crippen LogP contribution in [0.3, 0.4) is 0 Å². The third-order valence-electron chi connectivity index (χ3n) is 6.62. The molecule has 3 aromatic rings. The minimum absolute atomic E-state index is 0.0218. The molecule has 0 radical (unpaired) electrons. The van der Waals surface area contributed by atoms with Crippen molar-refractivity contribution in [3.8, 4) is 11.4 Å². The Kier molecular flexibility index (Phi) is 5.47. The molecule has 0 aliphatic carbocycles. The molecule has 1 fully saturated rings. The molecule has 2 aromatic carbocycles. The number of hydrogen-bond donors (Lipinski definition) is 2. The number of carbonyl (C=O) groups excluding carboxylic acids is 3. The van der Waals surface area contributed by atoms with E-state index in [1.54, 1.807) is 59.2 Å². The summed E-state index contributed by atoms with van der Waals surface area (Å²) in [5.41, 5.74) is 2.02. The fourth-order valence-electron chi connectivity index (χ4n) is 4.91. The first kappa shape index (κ1) is 22.5. The number of aromatic amines is 1. The van der Waals surface area contributed by atoms with Crippen LogP contribution in [0.1, 0.15) is 42.2 Å². The predicted octanol–water partition coefficient (Wildman–Crippen LogP) is 3.07. The zero-order valence-corrected chi connectivity index (χ0v) is 19.5. The molecule has 1 aromatic heterocycles. The number of nitrogens with zero attached hydrogens (tertiary/aromatic N) is 3. The molecule has 0 bridgehead atoms. The van der Waals surface area contributed by atoms with E-state index < -0.39 is 5.66 Å². The third kappa shape index (κ3) is 3.99. The molecule has 0 spiro atoms. The molecule has 1 saturated heterocycles. The lowest BCUT2D eigenvalue weighted by Crippen LogP contribution is -2.62. The van der Waals surface area contributed by atoms with Crippen LogP contribution in [0, 0.1) is 6.92 Å². The Labute approximate surface area is 201 Å². The first-order chi connectivity index (χ1) is 16.8. The van der Waals surface area contributed by atoms with Gasteiger partial charge in [0.2, 0.25) is 11.8 Å². The largest absolute Gasteiger partial charge is 0.326 e. The van der Waals surface area contributed by atoms with Crippen molar-refractivity contribution < 1.29 is 14.4 Å². The summed E-state index contributed by atoms with van der Waals surface area (Å²) in [5.74, 6) is 0.0175. The lowest BCUT2D eigenvalue weighted by Gasteiger charge is -2.48. The van der Waals surface area contributed by atoms with Crippen LogP contribution in [-0.2, 0) is 9.59 Å². The molecule has 5 rings (SSSR count). The number of nitrogens with one attached hydrogen (secondary N) is 2. The number of aromatic nitrogens is 2. The van der Waals surface area contributed by atoms with Crippen molar-refractivity contribution >= 4 is 29.1 Å². The van der Waals surface area contributed by atoms with E-state index in [1.807, 2.05) is 13.0 Å². The first-order valence-electron chi connectivity index (χ1n) is 11.5. The average molecular weight is 472 g/mol. The summed E-state index contributed by atoms with van der Waals surface area (Å²) >= 11 is 0. The second-order valence-electron chi connectivity index (χ2n) is 9.03. The lowest BCUT2D eigenvalue weighted by molar-refractivity contribution is -0.117. The van der Waals surface area contributed by atoms with Gasteiger partial charge in [0, 0.05) is 42.4 Å². The third-order valence-corrected chi connectivity index (χ3v) is 6.62. The van der Waals surface area contributed by atoms with Crippen LogP contribution in [0.15, 0.2) is 59.4 Å². The molecule has 0 unspecified atom stereocenters. The maximum Gasteiger partial charge on any atom is 0.257 e. The van der Waals surface area contributed by atoms with Gasteiger partial charge in [-0.25, -0.2) is 4.98 Å². The van der Waals surface area contributed by atoms with E-state index >= 15 is 0 Å². The Bertz CT molecular complexity index is 1400. The van der Waals surface area contributed by atoms with Gasteiger partial charge >= 0.3 is 0 Å². The number of benzene rings is 2. The van der Waals surface area contributed by atoms with Gasteiger partial charge in [0.05, 0.1) is 11.3 Å². The molecule has 2 aliphatic heterocycles. The summed E-state index contributed by atoms with van der Waals surface area (Å²) in [7, 11) is 0. The van der Waals surface area contributed by atoms with Crippen LogP contribution in [0.2, 0.25) is 0 Å². The van der Waals surface area contributed by atoms with Gasteiger partial charge in [-0.05, 0) is 56.7 Å². The fraction of sp³-hybridized carbons (Fsp3) is 0.269. The van der Waals surface area contributed by atoms with E-state index in [1.165, 1.54) is 6.07 Å². The van der Waals surface area contributed by atoms with Gasteiger partial charge < -0.3 is 15.2 Å². The first-order valence-corrected chi connectivity index (χ1v) is 11.5. The molecular formula is C26H25N5O4. The standard InChI is InChI=1S/C26H25N5O4/c1-16-15-22(33)29-24(27-16)17-7-9-18(10-8-17)28-21(32)12-14-30-25(35)19-5-3-4-6-20(19)31-23(34)11-13-26(30,31)2/h3-10,15H,11-14H2,1-2H3,(H,28,32)(H,27,29,33)/t26-/m1/s1. The molecule has 2 aliphatic rings. The molecular weight excluding hydrogens is 446 g/mol. The molecule has 1 atom stereocenters. The SMILES string of the molecule is Cc1cc(=O)[nH]c(-c2ccc(NC(=O)CCN3C(=O)c4ccccc4N4C(=O)CC[C@]34C)cc2)n1. The van der Waals surface area contributed by atoms with E-state index in [0.29, 0.717) is 41.3 Å². The zero-order chi connectivity index (χ0) is 24.7. The highest BCUT2D eigenvalue weighted by molar-refractivity contribution is 6.10. The van der Waals surface area contributed by atoms with Crippen molar-refractivity contribution in [3.05, 3.63) is 76.2 Å². The van der Waals surface area contributed by atoms with Crippen LogP contribution in [0.5, 0.6) is 0 Å². The highest BCUT2D eigenvalue weighted by Crippen LogP contribution is 2.43. The molecule has 9 heteroatoms. The van der Waals surface area contributed by atoms with Crippen LogP contribution >= 0.6 is 0 Å². The summed E-state index contributed by atoms with van der Waals surface area (Å²) in [4.78, 5) is 60.7. The fourth-order valence-corrected chi connectivity index (χ4v) is 4.91. The van der Waals surface area contributed by atoms with Gasteiger partial charge in [0.15, 0.2) is 0 Å². The second-order valence-corrected chi connectivity index (χ2v) is 9.03. The molecule has 0 saturated carbocycles. The quantitative estimate of drug-likeness (QED) is 0.593. The van der Waals surface area contributed by atoms with Crippen molar-refractivity contribution in [1.82, 2.24) is 14.9 Å². The maximum atomic E-state index is 13.3. The minimum Gasteiger partial charge on any atom is -0.326 e. The number of carbonyl (C=O) groups is 3. The Hall–Kier alpha value is -4.27. The number of para-hydroxylation sites is 1. The summed E-state index contributed by atoms with van der Waals surface area (Å²) in [6.45, 7) is 3.82. The highest BCUT2D eigenvalue weighted by Gasteiger charge is 2.52. The zero-order valence-electron chi connectivity index (χ0n) is 19.5. The van der Waals surface area contributed by atoms with E-state index in [2.05, 4.69) is 15.3 Å². The Morgan fingerprint density at radius 1 is 1.11 bits per heavy atom. The monoisotopic (exact) mass is 471 g/mol. The maximum absolute atomic E-state index is 13.3. The number of aryl methyl sites for hydroxylation is 1. The second kappa shape index (κ2) is 8.50. The highest BCUT2D eigenvalue weighted by atomic mass is 16.2.